The van der Waals surface area contributed by atoms with Crippen LogP contribution in [0.15, 0.2) is 0 Å². The van der Waals surface area contributed by atoms with Gasteiger partial charge in [-0.25, -0.2) is 9.97 Å². The number of anilines is 2. The molecule has 1 saturated carbocycles. The Labute approximate surface area is 113 Å². The third kappa shape index (κ3) is 2.88. The van der Waals surface area contributed by atoms with Crippen molar-refractivity contribution in [2.24, 2.45) is 0 Å². The van der Waals surface area contributed by atoms with Gasteiger partial charge in [0, 0.05) is 16.9 Å². The second-order valence-electron chi connectivity index (χ2n) is 4.94. The summed E-state index contributed by atoms with van der Waals surface area (Å²) in [4.78, 5) is 8.67. The van der Waals surface area contributed by atoms with E-state index < -0.39 is 0 Å². The second-order valence-corrected chi connectivity index (χ2v) is 6.02. The van der Waals surface area contributed by atoms with Gasteiger partial charge in [0.25, 0.3) is 0 Å². The van der Waals surface area contributed by atoms with Crippen molar-refractivity contribution in [1.82, 2.24) is 9.97 Å². The Bertz CT molecular complexity index is 422. The lowest BCUT2D eigenvalue weighted by Gasteiger charge is -2.31. The van der Waals surface area contributed by atoms with Crippen LogP contribution in [-0.4, -0.2) is 27.5 Å². The van der Waals surface area contributed by atoms with Crippen LogP contribution in [0.4, 0.5) is 11.6 Å². The molecule has 1 heterocycles. The number of aromatic nitrogens is 2. The first-order chi connectivity index (χ1) is 8.61. The number of rotatable bonds is 3. The molecule has 0 bridgehead atoms. The molecule has 1 aliphatic rings. The Balaban J connectivity index is 2.17. The monoisotopic (exact) mass is 266 g/mol. The van der Waals surface area contributed by atoms with E-state index in [0.717, 1.165) is 17.2 Å². The third-order valence-electron chi connectivity index (χ3n) is 3.62. The molecule has 0 aromatic carbocycles. The highest BCUT2D eigenvalue weighted by Crippen LogP contribution is 2.30. The molecular formula is C13H22N4S. The Morgan fingerprint density at radius 2 is 1.94 bits per heavy atom. The van der Waals surface area contributed by atoms with Crippen molar-refractivity contribution in [3.05, 3.63) is 11.4 Å². The maximum atomic E-state index is 5.90. The lowest BCUT2D eigenvalue weighted by molar-refractivity contribution is 0.474. The molecule has 0 aliphatic heterocycles. The van der Waals surface area contributed by atoms with Gasteiger partial charge in [0.05, 0.1) is 0 Å². The zero-order valence-electron chi connectivity index (χ0n) is 11.4. The summed E-state index contributed by atoms with van der Waals surface area (Å²) in [5.41, 5.74) is 6.86. The minimum atomic E-state index is 0.501. The van der Waals surface area contributed by atoms with E-state index in [1.54, 1.807) is 0 Å². The molecule has 0 spiro atoms. The number of aryl methyl sites for hydroxylation is 1. The summed E-state index contributed by atoms with van der Waals surface area (Å²) < 4.78 is 0. The first-order valence-corrected chi connectivity index (χ1v) is 7.80. The number of nitrogens with two attached hydrogens (primary N) is 1. The van der Waals surface area contributed by atoms with Crippen LogP contribution in [-0.2, 0) is 0 Å². The van der Waals surface area contributed by atoms with Crippen LogP contribution in [0.25, 0.3) is 0 Å². The molecule has 5 heteroatoms. The highest BCUT2D eigenvalue weighted by Gasteiger charge is 2.25. The summed E-state index contributed by atoms with van der Waals surface area (Å²) in [6.07, 6.45) is 7.34. The van der Waals surface area contributed by atoms with E-state index in [1.807, 2.05) is 25.6 Å². The lowest BCUT2D eigenvalue weighted by atomic mass is 9.95. The molecule has 1 aliphatic carbocycles. The SMILES string of the molecule is CSC1CCCCC1Nc1nc(C)nc(N)c1C. The summed E-state index contributed by atoms with van der Waals surface area (Å²) in [6, 6.07) is 0.501. The molecule has 2 rings (SSSR count). The van der Waals surface area contributed by atoms with E-state index in [9.17, 15) is 0 Å². The van der Waals surface area contributed by atoms with Gasteiger partial charge in [-0.05, 0) is 32.9 Å². The zero-order valence-corrected chi connectivity index (χ0v) is 12.2. The number of hydrogen-bond donors (Lipinski definition) is 2. The van der Waals surface area contributed by atoms with Crippen molar-refractivity contribution >= 4 is 23.4 Å². The fourth-order valence-electron chi connectivity index (χ4n) is 2.51. The van der Waals surface area contributed by atoms with Crippen molar-refractivity contribution in [2.45, 2.75) is 50.8 Å². The van der Waals surface area contributed by atoms with Crippen LogP contribution < -0.4 is 11.1 Å². The maximum Gasteiger partial charge on any atom is 0.135 e. The topological polar surface area (TPSA) is 63.8 Å². The van der Waals surface area contributed by atoms with Crippen molar-refractivity contribution in [1.29, 1.82) is 0 Å². The third-order valence-corrected chi connectivity index (χ3v) is 4.79. The molecular weight excluding hydrogens is 244 g/mol. The molecule has 18 heavy (non-hydrogen) atoms. The number of nitrogen functional groups attached to an aromatic ring is 1. The molecule has 0 radical (unpaired) electrons. The summed E-state index contributed by atoms with van der Waals surface area (Å²) in [6.45, 7) is 3.86. The average molecular weight is 266 g/mol. The Hall–Kier alpha value is -0.970. The van der Waals surface area contributed by atoms with Crippen molar-refractivity contribution in [3.8, 4) is 0 Å². The number of nitrogens with one attached hydrogen (secondary N) is 1. The largest absolute Gasteiger partial charge is 0.383 e. The smallest absolute Gasteiger partial charge is 0.135 e. The predicted molar refractivity (Wildman–Crippen MR) is 79.1 cm³/mol. The van der Waals surface area contributed by atoms with Crippen molar-refractivity contribution in [2.75, 3.05) is 17.3 Å². The molecule has 0 amide bonds. The molecule has 4 nitrogen and oxygen atoms in total. The molecule has 1 fully saturated rings. The maximum absolute atomic E-state index is 5.90. The van der Waals surface area contributed by atoms with E-state index in [4.69, 9.17) is 5.73 Å². The van der Waals surface area contributed by atoms with Gasteiger partial charge < -0.3 is 11.1 Å². The van der Waals surface area contributed by atoms with Gasteiger partial charge >= 0.3 is 0 Å². The molecule has 3 N–H and O–H groups in total. The fourth-order valence-corrected chi connectivity index (χ4v) is 3.45. The van der Waals surface area contributed by atoms with Crippen LogP contribution >= 0.6 is 11.8 Å². The summed E-state index contributed by atoms with van der Waals surface area (Å²) in [7, 11) is 0. The predicted octanol–water partition coefficient (Wildman–Crippen LogP) is 2.76. The van der Waals surface area contributed by atoms with Gasteiger partial charge in [-0.1, -0.05) is 12.8 Å². The Morgan fingerprint density at radius 3 is 2.67 bits per heavy atom. The first-order valence-electron chi connectivity index (χ1n) is 6.52. The quantitative estimate of drug-likeness (QED) is 0.880. The minimum Gasteiger partial charge on any atom is -0.383 e. The van der Waals surface area contributed by atoms with E-state index in [0.29, 0.717) is 17.1 Å². The van der Waals surface area contributed by atoms with Crippen molar-refractivity contribution < 1.29 is 0 Å². The van der Waals surface area contributed by atoms with E-state index >= 15 is 0 Å². The average Bonchev–Trinajstić information content (AvgIpc) is 2.36. The van der Waals surface area contributed by atoms with Gasteiger partial charge in [0.1, 0.15) is 17.5 Å². The number of nitrogens with zero attached hydrogens (tertiary/aromatic N) is 2. The first kappa shape index (κ1) is 13.5. The second kappa shape index (κ2) is 5.78. The van der Waals surface area contributed by atoms with Gasteiger partial charge in [-0.3, -0.25) is 0 Å². The highest BCUT2D eigenvalue weighted by molar-refractivity contribution is 7.99. The normalized spacial score (nSPS) is 23.9. The summed E-state index contributed by atoms with van der Waals surface area (Å²) in [5, 5.41) is 4.26. The molecule has 1 aromatic rings. The Kier molecular flexibility index (Phi) is 4.32. The van der Waals surface area contributed by atoms with Crippen LogP contribution in [0.2, 0.25) is 0 Å². The van der Waals surface area contributed by atoms with E-state index in [2.05, 4.69) is 21.5 Å². The lowest BCUT2D eigenvalue weighted by Crippen LogP contribution is -2.35. The fraction of sp³-hybridized carbons (Fsp3) is 0.692. The minimum absolute atomic E-state index is 0.501. The molecule has 100 valence electrons. The van der Waals surface area contributed by atoms with Gasteiger partial charge in [-0.15, -0.1) is 0 Å². The number of hydrogen-bond acceptors (Lipinski definition) is 5. The molecule has 2 atom stereocenters. The highest BCUT2D eigenvalue weighted by atomic mass is 32.2. The number of thioether (sulfide) groups is 1. The molecule has 1 aromatic heterocycles. The van der Waals surface area contributed by atoms with Crippen LogP contribution in [0.5, 0.6) is 0 Å². The van der Waals surface area contributed by atoms with Gasteiger partial charge in [0.2, 0.25) is 0 Å². The van der Waals surface area contributed by atoms with Crippen LogP contribution in [0.1, 0.15) is 37.1 Å². The van der Waals surface area contributed by atoms with Crippen LogP contribution in [0.3, 0.4) is 0 Å². The molecule has 2 unspecified atom stereocenters. The zero-order chi connectivity index (χ0) is 13.1. The van der Waals surface area contributed by atoms with Gasteiger partial charge in [-0.2, -0.15) is 11.8 Å². The van der Waals surface area contributed by atoms with Crippen LogP contribution in [0, 0.1) is 13.8 Å². The van der Waals surface area contributed by atoms with Gasteiger partial charge in [0.15, 0.2) is 0 Å². The summed E-state index contributed by atoms with van der Waals surface area (Å²) >= 11 is 1.95. The summed E-state index contributed by atoms with van der Waals surface area (Å²) in [5.74, 6) is 2.23. The molecule has 0 saturated heterocycles. The van der Waals surface area contributed by atoms with E-state index in [-0.39, 0.29) is 0 Å². The Morgan fingerprint density at radius 1 is 1.22 bits per heavy atom. The van der Waals surface area contributed by atoms with Crippen molar-refractivity contribution in [3.63, 3.8) is 0 Å². The standard InChI is InChI=1S/C13H22N4S/c1-8-12(14)15-9(2)16-13(8)17-10-6-4-5-7-11(10)18-3/h10-11H,4-7H2,1-3H3,(H3,14,15,16,17). The van der Waals surface area contributed by atoms with E-state index in [1.165, 1.54) is 25.7 Å².